The smallest absolute Gasteiger partial charge is 0.251 e. The predicted octanol–water partition coefficient (Wildman–Crippen LogP) is 5.11. The van der Waals surface area contributed by atoms with Crippen LogP contribution in [-0.4, -0.2) is 50.4 Å². The first kappa shape index (κ1) is 25.5. The number of nitrogens with one attached hydrogen (secondary N) is 1. The molecule has 0 aromatic heterocycles. The zero-order valence-corrected chi connectivity index (χ0v) is 20.3. The Morgan fingerprint density at radius 2 is 1.75 bits per heavy atom. The Balaban J connectivity index is 2.45. The van der Waals surface area contributed by atoms with Crippen LogP contribution in [0.25, 0.3) is 11.1 Å². The molecule has 1 amide bonds. The van der Waals surface area contributed by atoms with Gasteiger partial charge in [-0.15, -0.1) is 0 Å². The van der Waals surface area contributed by atoms with Gasteiger partial charge in [-0.05, 0) is 81.2 Å². The minimum absolute atomic E-state index is 0.0388. The van der Waals surface area contributed by atoms with Crippen molar-refractivity contribution in [3.63, 3.8) is 0 Å². The molecule has 6 heteroatoms. The van der Waals surface area contributed by atoms with Crippen LogP contribution in [0.4, 0.5) is 4.39 Å². The van der Waals surface area contributed by atoms with Crippen molar-refractivity contribution in [1.82, 2.24) is 10.2 Å². The van der Waals surface area contributed by atoms with Crippen LogP contribution < -0.4 is 10.1 Å². The number of benzene rings is 2. The van der Waals surface area contributed by atoms with Crippen molar-refractivity contribution in [2.24, 2.45) is 5.41 Å². The monoisotopic (exact) mass is 442 g/mol. The lowest BCUT2D eigenvalue weighted by atomic mass is 9.94. The SMILES string of the molecule is CC(=O)c1cc(F)c(C)c(-c2ccc(C(=O)NCC(C)(C)C)cc2OCCCN(C)C)c1. The molecule has 2 aromatic carbocycles. The third-order valence-electron chi connectivity index (χ3n) is 5.07. The number of carbonyl (C=O) groups is 2. The Morgan fingerprint density at radius 3 is 2.34 bits per heavy atom. The van der Waals surface area contributed by atoms with Gasteiger partial charge < -0.3 is 15.0 Å². The fourth-order valence-electron chi connectivity index (χ4n) is 3.18. The van der Waals surface area contributed by atoms with Crippen LogP contribution in [0.15, 0.2) is 30.3 Å². The van der Waals surface area contributed by atoms with Gasteiger partial charge in [0.2, 0.25) is 0 Å². The Morgan fingerprint density at radius 1 is 1.06 bits per heavy atom. The molecule has 2 rings (SSSR count). The van der Waals surface area contributed by atoms with Crippen molar-refractivity contribution in [1.29, 1.82) is 0 Å². The number of halogens is 1. The average Bonchev–Trinajstić information content (AvgIpc) is 2.70. The number of hydrogen-bond donors (Lipinski definition) is 1. The summed E-state index contributed by atoms with van der Waals surface area (Å²) >= 11 is 0. The Bertz CT molecular complexity index is 978. The number of rotatable bonds is 9. The maximum atomic E-state index is 14.6. The van der Waals surface area contributed by atoms with Crippen LogP contribution in [0.2, 0.25) is 0 Å². The minimum Gasteiger partial charge on any atom is -0.493 e. The van der Waals surface area contributed by atoms with E-state index in [-0.39, 0.29) is 17.1 Å². The van der Waals surface area contributed by atoms with Crippen LogP contribution >= 0.6 is 0 Å². The maximum Gasteiger partial charge on any atom is 0.251 e. The highest BCUT2D eigenvalue weighted by atomic mass is 19.1. The predicted molar refractivity (Wildman–Crippen MR) is 127 cm³/mol. The Hall–Kier alpha value is -2.73. The molecule has 174 valence electrons. The number of ether oxygens (including phenoxy) is 1. The number of nitrogens with zero attached hydrogens (tertiary/aromatic N) is 1. The van der Waals surface area contributed by atoms with E-state index in [0.29, 0.717) is 46.7 Å². The molecule has 0 bridgehead atoms. The molecule has 0 aliphatic heterocycles. The zero-order chi connectivity index (χ0) is 24.1. The van der Waals surface area contributed by atoms with E-state index < -0.39 is 5.82 Å². The number of carbonyl (C=O) groups excluding carboxylic acids is 2. The quantitative estimate of drug-likeness (QED) is 0.433. The van der Waals surface area contributed by atoms with E-state index in [1.165, 1.54) is 13.0 Å². The summed E-state index contributed by atoms with van der Waals surface area (Å²) in [6.45, 7) is 11.1. The third-order valence-corrected chi connectivity index (χ3v) is 5.07. The molecule has 0 radical (unpaired) electrons. The molecule has 0 aliphatic carbocycles. The van der Waals surface area contributed by atoms with Gasteiger partial charge in [-0.25, -0.2) is 4.39 Å². The van der Waals surface area contributed by atoms with Crippen molar-refractivity contribution < 1.29 is 18.7 Å². The van der Waals surface area contributed by atoms with Gasteiger partial charge >= 0.3 is 0 Å². The molecule has 32 heavy (non-hydrogen) atoms. The van der Waals surface area contributed by atoms with E-state index in [1.54, 1.807) is 31.2 Å². The highest BCUT2D eigenvalue weighted by Gasteiger charge is 2.18. The molecule has 0 unspecified atom stereocenters. The Labute approximate surface area is 191 Å². The molecular weight excluding hydrogens is 407 g/mol. The molecule has 0 saturated heterocycles. The second kappa shape index (κ2) is 10.7. The third kappa shape index (κ3) is 7.16. The summed E-state index contributed by atoms with van der Waals surface area (Å²) < 4.78 is 20.6. The van der Waals surface area contributed by atoms with E-state index in [4.69, 9.17) is 4.74 Å². The summed E-state index contributed by atoms with van der Waals surface area (Å²) in [6.07, 6.45) is 0.799. The lowest BCUT2D eigenvalue weighted by Crippen LogP contribution is -2.32. The van der Waals surface area contributed by atoms with Crippen molar-refractivity contribution >= 4 is 11.7 Å². The summed E-state index contributed by atoms with van der Waals surface area (Å²) in [4.78, 5) is 26.7. The molecular formula is C26H35FN2O3. The fourth-order valence-corrected chi connectivity index (χ4v) is 3.18. The topological polar surface area (TPSA) is 58.6 Å². The first-order chi connectivity index (χ1) is 14.9. The lowest BCUT2D eigenvalue weighted by molar-refractivity contribution is 0.0938. The van der Waals surface area contributed by atoms with Crippen LogP contribution in [-0.2, 0) is 0 Å². The molecule has 0 fully saturated rings. The lowest BCUT2D eigenvalue weighted by Gasteiger charge is -2.20. The number of Topliss-reactive ketones (excluding diaryl/α,β-unsaturated/α-hetero) is 1. The van der Waals surface area contributed by atoms with Gasteiger partial charge in [0.15, 0.2) is 5.78 Å². The Kier molecular flexibility index (Phi) is 8.56. The maximum absolute atomic E-state index is 14.6. The fraction of sp³-hybridized carbons (Fsp3) is 0.462. The van der Waals surface area contributed by atoms with Crippen LogP contribution in [0, 0.1) is 18.2 Å². The first-order valence-corrected chi connectivity index (χ1v) is 10.9. The summed E-state index contributed by atoms with van der Waals surface area (Å²) in [7, 11) is 3.98. The summed E-state index contributed by atoms with van der Waals surface area (Å²) in [5.74, 6) is -0.351. The van der Waals surface area contributed by atoms with E-state index in [9.17, 15) is 14.0 Å². The summed E-state index contributed by atoms with van der Waals surface area (Å²) in [5.41, 5.74) is 2.40. The van der Waals surface area contributed by atoms with Gasteiger partial charge in [-0.3, -0.25) is 9.59 Å². The van der Waals surface area contributed by atoms with Gasteiger partial charge in [0.25, 0.3) is 5.91 Å². The van der Waals surface area contributed by atoms with Gasteiger partial charge in [-0.1, -0.05) is 20.8 Å². The van der Waals surface area contributed by atoms with E-state index in [1.807, 2.05) is 14.1 Å². The number of hydrogen-bond acceptors (Lipinski definition) is 4. The van der Waals surface area contributed by atoms with Crippen LogP contribution in [0.5, 0.6) is 5.75 Å². The van der Waals surface area contributed by atoms with E-state index >= 15 is 0 Å². The van der Waals surface area contributed by atoms with Crippen LogP contribution in [0.1, 0.15) is 60.4 Å². The zero-order valence-electron chi connectivity index (χ0n) is 20.3. The van der Waals surface area contributed by atoms with Crippen molar-refractivity contribution in [3.05, 3.63) is 52.8 Å². The van der Waals surface area contributed by atoms with Gasteiger partial charge in [0.05, 0.1) is 6.61 Å². The van der Waals surface area contributed by atoms with Gasteiger partial charge in [0.1, 0.15) is 11.6 Å². The van der Waals surface area contributed by atoms with Crippen molar-refractivity contribution in [2.45, 2.75) is 41.0 Å². The number of amides is 1. The van der Waals surface area contributed by atoms with Crippen molar-refractivity contribution in [2.75, 3.05) is 33.8 Å². The standard InChI is InChI=1S/C26H35FN2O3/c1-17-22(13-20(18(2)30)14-23(17)27)21-10-9-19(25(31)28-16-26(3,4)5)15-24(21)32-12-8-11-29(6)7/h9-10,13-15H,8,11-12,16H2,1-7H3,(H,28,31). The van der Waals surface area contributed by atoms with Gasteiger partial charge in [0, 0.05) is 29.8 Å². The molecule has 1 N–H and O–H groups in total. The number of ketones is 1. The van der Waals surface area contributed by atoms with Gasteiger partial charge in [-0.2, -0.15) is 0 Å². The van der Waals surface area contributed by atoms with E-state index in [2.05, 4.69) is 31.0 Å². The second-order valence-corrected chi connectivity index (χ2v) is 9.65. The van der Waals surface area contributed by atoms with Crippen LogP contribution in [0.3, 0.4) is 0 Å². The molecule has 0 atom stereocenters. The average molecular weight is 443 g/mol. The largest absolute Gasteiger partial charge is 0.493 e. The molecule has 0 spiro atoms. The molecule has 2 aromatic rings. The molecule has 5 nitrogen and oxygen atoms in total. The highest BCUT2D eigenvalue weighted by Crippen LogP contribution is 2.35. The normalized spacial score (nSPS) is 11.5. The van der Waals surface area contributed by atoms with E-state index in [0.717, 1.165) is 13.0 Å². The highest BCUT2D eigenvalue weighted by molar-refractivity contribution is 5.97. The second-order valence-electron chi connectivity index (χ2n) is 9.65. The summed E-state index contributed by atoms with van der Waals surface area (Å²) in [6, 6.07) is 8.10. The minimum atomic E-state index is -0.446. The molecule has 0 saturated carbocycles. The summed E-state index contributed by atoms with van der Waals surface area (Å²) in [5, 5.41) is 2.95. The molecule has 0 heterocycles. The molecule has 0 aliphatic rings. The first-order valence-electron chi connectivity index (χ1n) is 10.9. The van der Waals surface area contributed by atoms with Crippen molar-refractivity contribution in [3.8, 4) is 16.9 Å².